The van der Waals surface area contributed by atoms with Gasteiger partial charge in [-0.15, -0.1) is 0 Å². The molecule has 0 bridgehead atoms. The van der Waals surface area contributed by atoms with Gasteiger partial charge in [0.15, 0.2) is 15.0 Å². The lowest BCUT2D eigenvalue weighted by Crippen LogP contribution is -2.40. The molecule has 0 N–H and O–H groups in total. The summed E-state index contributed by atoms with van der Waals surface area (Å²) in [5.41, 5.74) is 0.640. The van der Waals surface area contributed by atoms with E-state index >= 15 is 0 Å². The van der Waals surface area contributed by atoms with Crippen molar-refractivity contribution in [3.8, 4) is 5.75 Å². The summed E-state index contributed by atoms with van der Waals surface area (Å²) in [7, 11) is -3.95. The summed E-state index contributed by atoms with van der Waals surface area (Å²) in [6, 6.07) is 10.1. The summed E-state index contributed by atoms with van der Waals surface area (Å²) in [5.74, 6) is -1.23. The molecule has 8 nitrogen and oxygen atoms in total. The lowest BCUT2D eigenvalue weighted by atomic mass is 10.3. The molecule has 1 saturated heterocycles. The van der Waals surface area contributed by atoms with Crippen LogP contribution in [0.1, 0.15) is 13.3 Å². The Morgan fingerprint density at radius 3 is 2.66 bits per heavy atom. The number of anilines is 1. The van der Waals surface area contributed by atoms with E-state index in [1.165, 1.54) is 28.4 Å². The fourth-order valence-electron chi connectivity index (χ4n) is 3.87. The number of sulfone groups is 1. The number of amides is 1. The molecule has 1 aromatic heterocycles. The molecule has 0 radical (unpaired) electrons. The average molecular weight is 522 g/mol. The lowest BCUT2D eigenvalue weighted by molar-refractivity contribution is -0.116. The maximum atomic E-state index is 13.3. The minimum atomic E-state index is -3.95. The van der Waals surface area contributed by atoms with Crippen LogP contribution in [0.15, 0.2) is 47.4 Å². The number of nitrogens with zero attached hydrogens (tertiary/aromatic N) is 3. The first kappa shape index (κ1) is 25.5. The Kier molecular flexibility index (Phi) is 8.32. The van der Waals surface area contributed by atoms with Gasteiger partial charge in [-0.1, -0.05) is 17.4 Å². The number of benzene rings is 2. The van der Waals surface area contributed by atoms with Gasteiger partial charge in [-0.25, -0.2) is 17.8 Å². The number of hydrogen-bond acceptors (Lipinski definition) is 8. The number of carbonyl (C=O) groups is 1. The molecule has 3 aromatic rings. The number of ether oxygens (including phenoxy) is 2. The van der Waals surface area contributed by atoms with Gasteiger partial charge in [-0.2, -0.15) is 0 Å². The van der Waals surface area contributed by atoms with Gasteiger partial charge in [0, 0.05) is 26.2 Å². The number of rotatable bonds is 10. The van der Waals surface area contributed by atoms with Gasteiger partial charge in [-0.05, 0) is 49.7 Å². The molecule has 4 rings (SSSR count). The first-order chi connectivity index (χ1) is 16.9. The molecule has 0 atom stereocenters. The number of halogens is 1. The van der Waals surface area contributed by atoms with Crippen molar-refractivity contribution in [1.29, 1.82) is 0 Å². The van der Waals surface area contributed by atoms with E-state index in [0.717, 1.165) is 36.5 Å². The smallest absolute Gasteiger partial charge is 0.244 e. The van der Waals surface area contributed by atoms with Gasteiger partial charge in [0.1, 0.15) is 22.8 Å². The van der Waals surface area contributed by atoms with E-state index in [1.54, 1.807) is 0 Å². The molecule has 0 spiro atoms. The first-order valence-electron chi connectivity index (χ1n) is 11.5. The first-order valence-corrected chi connectivity index (χ1v) is 14.0. The Hall–Kier alpha value is -2.60. The van der Waals surface area contributed by atoms with Crippen molar-refractivity contribution in [3.05, 3.63) is 48.3 Å². The van der Waals surface area contributed by atoms with Crippen LogP contribution < -0.4 is 9.64 Å². The highest BCUT2D eigenvalue weighted by molar-refractivity contribution is 7.92. The molecule has 0 unspecified atom stereocenters. The summed E-state index contributed by atoms with van der Waals surface area (Å²) in [6.45, 7) is 6.44. The maximum absolute atomic E-state index is 13.3. The van der Waals surface area contributed by atoms with Crippen LogP contribution in [0.3, 0.4) is 0 Å². The van der Waals surface area contributed by atoms with Gasteiger partial charge in [0.2, 0.25) is 5.91 Å². The number of fused-ring (bicyclic) bond motifs is 1. The van der Waals surface area contributed by atoms with Crippen LogP contribution in [0.25, 0.3) is 10.2 Å². The molecule has 1 aliphatic heterocycles. The van der Waals surface area contributed by atoms with Crippen LogP contribution in [0.5, 0.6) is 5.75 Å². The van der Waals surface area contributed by atoms with E-state index < -0.39 is 27.3 Å². The van der Waals surface area contributed by atoms with Crippen LogP contribution in [0.2, 0.25) is 0 Å². The van der Waals surface area contributed by atoms with Crippen molar-refractivity contribution >= 4 is 42.4 Å². The van der Waals surface area contributed by atoms with Crippen LogP contribution >= 0.6 is 11.3 Å². The monoisotopic (exact) mass is 521 g/mol. The Balaban J connectivity index is 1.58. The van der Waals surface area contributed by atoms with Gasteiger partial charge < -0.3 is 9.47 Å². The molecule has 0 aliphatic carbocycles. The second-order valence-electron chi connectivity index (χ2n) is 8.10. The van der Waals surface area contributed by atoms with E-state index in [0.29, 0.717) is 49.2 Å². The molecule has 188 valence electrons. The van der Waals surface area contributed by atoms with Gasteiger partial charge >= 0.3 is 0 Å². The average Bonchev–Trinajstić information content (AvgIpc) is 3.27. The number of hydrogen-bond donors (Lipinski definition) is 0. The van der Waals surface area contributed by atoms with E-state index in [2.05, 4.69) is 9.88 Å². The van der Waals surface area contributed by atoms with E-state index in [-0.39, 0.29) is 4.90 Å². The highest BCUT2D eigenvalue weighted by Crippen LogP contribution is 2.34. The van der Waals surface area contributed by atoms with Gasteiger partial charge in [0.05, 0.1) is 29.4 Å². The summed E-state index contributed by atoms with van der Waals surface area (Å²) >= 11 is 1.32. The summed E-state index contributed by atoms with van der Waals surface area (Å²) < 4.78 is 51.0. The SMILES string of the molecule is CCOc1cccc2sc(N(CCCN3CCOCC3)C(=O)CS(=O)(=O)c3ccc(F)cc3)nc12. The third-order valence-corrected chi connectivity index (χ3v) is 8.31. The Morgan fingerprint density at radius 1 is 1.20 bits per heavy atom. The zero-order chi connectivity index (χ0) is 24.8. The Labute approximate surface area is 208 Å². The molecular formula is C24H28FN3O5S2. The molecule has 2 heterocycles. The predicted octanol–water partition coefficient (Wildman–Crippen LogP) is 3.36. The summed E-state index contributed by atoms with van der Waals surface area (Å²) in [4.78, 5) is 21.6. The van der Waals surface area contributed by atoms with E-state index in [1.807, 2.05) is 25.1 Å². The summed E-state index contributed by atoms with van der Waals surface area (Å²) in [5, 5.41) is 0.424. The highest BCUT2D eigenvalue weighted by Gasteiger charge is 2.27. The Bertz CT molecular complexity index is 1260. The van der Waals surface area contributed by atoms with Gasteiger partial charge in [-0.3, -0.25) is 14.6 Å². The van der Waals surface area contributed by atoms with Crippen LogP contribution in [0, 0.1) is 5.82 Å². The van der Waals surface area contributed by atoms with Crippen LogP contribution in [-0.2, 0) is 19.4 Å². The number of morpholine rings is 1. The predicted molar refractivity (Wildman–Crippen MR) is 133 cm³/mol. The highest BCUT2D eigenvalue weighted by atomic mass is 32.2. The van der Waals surface area contributed by atoms with Crippen molar-refractivity contribution < 1.29 is 27.1 Å². The summed E-state index contributed by atoms with van der Waals surface area (Å²) in [6.07, 6.45) is 0.649. The second-order valence-corrected chi connectivity index (χ2v) is 11.1. The fourth-order valence-corrected chi connectivity index (χ4v) is 6.09. The second kappa shape index (κ2) is 11.4. The fraction of sp³-hybridized carbons (Fsp3) is 0.417. The Morgan fingerprint density at radius 2 is 1.94 bits per heavy atom. The third-order valence-electron chi connectivity index (χ3n) is 5.65. The molecule has 35 heavy (non-hydrogen) atoms. The van der Waals surface area contributed by atoms with Gasteiger partial charge in [0.25, 0.3) is 0 Å². The zero-order valence-corrected chi connectivity index (χ0v) is 21.1. The minimum Gasteiger partial charge on any atom is -0.492 e. The molecule has 11 heteroatoms. The minimum absolute atomic E-state index is 0.0940. The number of para-hydroxylation sites is 1. The van der Waals surface area contributed by atoms with E-state index in [4.69, 9.17) is 9.47 Å². The normalized spacial score (nSPS) is 14.8. The quantitative estimate of drug-likeness (QED) is 0.378. The third kappa shape index (κ3) is 6.35. The molecule has 1 fully saturated rings. The number of thiazole rings is 1. The van der Waals surface area contributed by atoms with Crippen molar-refractivity contribution in [2.75, 3.05) is 56.7 Å². The van der Waals surface area contributed by atoms with Crippen molar-refractivity contribution in [1.82, 2.24) is 9.88 Å². The molecule has 0 saturated carbocycles. The van der Waals surface area contributed by atoms with E-state index in [9.17, 15) is 17.6 Å². The standard InChI is InChI=1S/C24H28FN3O5S2/c1-2-33-20-5-3-6-21-23(20)26-24(34-21)28(12-4-11-27-13-15-32-16-14-27)22(29)17-35(30,31)19-9-7-18(25)8-10-19/h3,5-10H,2,4,11-17H2,1H3. The lowest BCUT2D eigenvalue weighted by Gasteiger charge is -2.27. The van der Waals surface area contributed by atoms with Crippen molar-refractivity contribution in [2.45, 2.75) is 18.2 Å². The maximum Gasteiger partial charge on any atom is 0.244 e. The molecule has 1 amide bonds. The van der Waals surface area contributed by atoms with Crippen LogP contribution in [-0.4, -0.2) is 76.0 Å². The molecule has 1 aliphatic rings. The van der Waals surface area contributed by atoms with Crippen LogP contribution in [0.4, 0.5) is 9.52 Å². The zero-order valence-electron chi connectivity index (χ0n) is 19.5. The van der Waals surface area contributed by atoms with Crippen molar-refractivity contribution in [2.24, 2.45) is 0 Å². The topological polar surface area (TPSA) is 89.0 Å². The molecular weight excluding hydrogens is 493 g/mol. The number of aromatic nitrogens is 1. The molecule has 2 aromatic carbocycles. The number of carbonyl (C=O) groups excluding carboxylic acids is 1. The van der Waals surface area contributed by atoms with Crippen molar-refractivity contribution in [3.63, 3.8) is 0 Å². The largest absolute Gasteiger partial charge is 0.492 e.